The number of ether oxygens (including phenoxy) is 1. The Bertz CT molecular complexity index is 360. The van der Waals surface area contributed by atoms with Gasteiger partial charge in [-0.25, -0.2) is 4.79 Å². The molecule has 0 aliphatic carbocycles. The van der Waals surface area contributed by atoms with Crippen LogP contribution >= 0.6 is 0 Å². The average Bonchev–Trinajstić information content (AvgIpc) is 2.28. The normalized spacial score (nSPS) is 11.9. The molecule has 0 bridgehead atoms. The molecule has 0 saturated heterocycles. The zero-order chi connectivity index (χ0) is 11.3. The van der Waals surface area contributed by atoms with Crippen molar-refractivity contribution in [1.82, 2.24) is 0 Å². The van der Waals surface area contributed by atoms with Crippen LogP contribution in [-0.4, -0.2) is 13.1 Å². The predicted molar refractivity (Wildman–Crippen MR) is 59.5 cm³/mol. The predicted octanol–water partition coefficient (Wildman–Crippen LogP) is 2.05. The summed E-state index contributed by atoms with van der Waals surface area (Å²) in [5, 5.41) is 0. The maximum absolute atomic E-state index is 11.4. The Labute approximate surface area is 89.5 Å². The van der Waals surface area contributed by atoms with E-state index in [1.54, 1.807) is 18.2 Å². The van der Waals surface area contributed by atoms with Crippen LogP contribution in [0.25, 0.3) is 0 Å². The van der Waals surface area contributed by atoms with Crippen LogP contribution in [0.1, 0.15) is 28.4 Å². The second kappa shape index (κ2) is 5.32. The SMILES string of the molecule is C=CC[C@@H](N)c1ccccc1C(=O)OC. The standard InChI is InChI=1S/C12H15NO2/c1-3-6-11(13)9-7-4-5-8-10(9)12(14)15-2/h3-5,7-8,11H,1,6,13H2,2H3/t11-/m1/s1. The fourth-order valence-corrected chi connectivity index (χ4v) is 1.42. The highest BCUT2D eigenvalue weighted by molar-refractivity contribution is 5.91. The number of hydrogen-bond acceptors (Lipinski definition) is 3. The molecule has 0 unspecified atom stereocenters. The molecule has 0 aliphatic rings. The number of rotatable bonds is 4. The van der Waals surface area contributed by atoms with Gasteiger partial charge in [-0.3, -0.25) is 0 Å². The molecule has 0 aromatic heterocycles. The number of benzene rings is 1. The Hall–Kier alpha value is -1.61. The molecule has 15 heavy (non-hydrogen) atoms. The van der Waals surface area contributed by atoms with E-state index in [1.807, 2.05) is 12.1 Å². The van der Waals surface area contributed by atoms with Crippen LogP contribution in [0.4, 0.5) is 0 Å². The number of esters is 1. The summed E-state index contributed by atoms with van der Waals surface area (Å²) in [7, 11) is 1.36. The lowest BCUT2D eigenvalue weighted by Crippen LogP contribution is -2.15. The Morgan fingerprint density at radius 1 is 1.60 bits per heavy atom. The van der Waals surface area contributed by atoms with Gasteiger partial charge < -0.3 is 10.5 Å². The highest BCUT2D eigenvalue weighted by Crippen LogP contribution is 2.19. The molecule has 0 heterocycles. The Balaban J connectivity index is 3.05. The smallest absolute Gasteiger partial charge is 0.338 e. The molecule has 2 N–H and O–H groups in total. The minimum absolute atomic E-state index is 0.210. The van der Waals surface area contributed by atoms with E-state index < -0.39 is 0 Å². The van der Waals surface area contributed by atoms with Crippen LogP contribution in [0.5, 0.6) is 0 Å². The molecule has 1 atom stereocenters. The van der Waals surface area contributed by atoms with Crippen LogP contribution in [0.2, 0.25) is 0 Å². The molecule has 0 radical (unpaired) electrons. The van der Waals surface area contributed by atoms with Crippen molar-refractivity contribution in [3.63, 3.8) is 0 Å². The molecule has 3 nitrogen and oxygen atoms in total. The number of methoxy groups -OCH3 is 1. The molecule has 0 spiro atoms. The second-order valence-electron chi connectivity index (χ2n) is 3.21. The summed E-state index contributed by atoms with van der Waals surface area (Å²) in [4.78, 5) is 11.4. The maximum Gasteiger partial charge on any atom is 0.338 e. The summed E-state index contributed by atoms with van der Waals surface area (Å²) in [5.74, 6) is -0.356. The van der Waals surface area contributed by atoms with Crippen LogP contribution in [0.3, 0.4) is 0 Å². The van der Waals surface area contributed by atoms with E-state index in [2.05, 4.69) is 11.3 Å². The monoisotopic (exact) mass is 205 g/mol. The highest BCUT2D eigenvalue weighted by Gasteiger charge is 2.14. The summed E-state index contributed by atoms with van der Waals surface area (Å²) in [5.41, 5.74) is 7.24. The molecule has 80 valence electrons. The molecule has 1 rings (SSSR count). The van der Waals surface area contributed by atoms with Gasteiger partial charge in [-0.1, -0.05) is 24.3 Å². The Morgan fingerprint density at radius 3 is 2.87 bits per heavy atom. The van der Waals surface area contributed by atoms with E-state index in [0.717, 1.165) is 5.56 Å². The molecule has 0 aliphatic heterocycles. The molecule has 1 aromatic rings. The van der Waals surface area contributed by atoms with E-state index in [0.29, 0.717) is 12.0 Å². The topological polar surface area (TPSA) is 52.3 Å². The number of hydrogen-bond donors (Lipinski definition) is 1. The molecule has 0 saturated carbocycles. The Kier molecular flexibility index (Phi) is 4.06. The van der Waals surface area contributed by atoms with Crippen molar-refractivity contribution < 1.29 is 9.53 Å². The molecule has 0 fully saturated rings. The highest BCUT2D eigenvalue weighted by atomic mass is 16.5. The molecule has 0 amide bonds. The van der Waals surface area contributed by atoms with E-state index in [4.69, 9.17) is 5.73 Å². The number of nitrogens with two attached hydrogens (primary N) is 1. The minimum Gasteiger partial charge on any atom is -0.465 e. The van der Waals surface area contributed by atoms with Gasteiger partial charge in [-0.15, -0.1) is 6.58 Å². The van der Waals surface area contributed by atoms with Crippen LogP contribution in [-0.2, 0) is 4.74 Å². The van der Waals surface area contributed by atoms with E-state index >= 15 is 0 Å². The first-order chi connectivity index (χ1) is 7.20. The number of carbonyl (C=O) groups excluding carboxylic acids is 1. The van der Waals surface area contributed by atoms with Gasteiger partial charge in [0.25, 0.3) is 0 Å². The van der Waals surface area contributed by atoms with Crippen LogP contribution in [0, 0.1) is 0 Å². The quantitative estimate of drug-likeness (QED) is 0.604. The van der Waals surface area contributed by atoms with Crippen molar-refractivity contribution in [2.75, 3.05) is 7.11 Å². The van der Waals surface area contributed by atoms with E-state index in [1.165, 1.54) is 7.11 Å². The fourth-order valence-electron chi connectivity index (χ4n) is 1.42. The van der Waals surface area contributed by atoms with Crippen molar-refractivity contribution >= 4 is 5.97 Å². The van der Waals surface area contributed by atoms with Gasteiger partial charge in [0.1, 0.15) is 0 Å². The molecule has 3 heteroatoms. The largest absolute Gasteiger partial charge is 0.465 e. The van der Waals surface area contributed by atoms with Gasteiger partial charge in [-0.05, 0) is 18.1 Å². The lowest BCUT2D eigenvalue weighted by atomic mass is 9.99. The summed E-state index contributed by atoms with van der Waals surface area (Å²) in [6.45, 7) is 3.62. The maximum atomic E-state index is 11.4. The summed E-state index contributed by atoms with van der Waals surface area (Å²) < 4.78 is 4.68. The fraction of sp³-hybridized carbons (Fsp3) is 0.250. The van der Waals surface area contributed by atoms with Crippen LogP contribution in [0.15, 0.2) is 36.9 Å². The lowest BCUT2D eigenvalue weighted by molar-refractivity contribution is 0.0599. The third-order valence-electron chi connectivity index (χ3n) is 2.19. The van der Waals surface area contributed by atoms with Gasteiger partial charge in [-0.2, -0.15) is 0 Å². The zero-order valence-electron chi connectivity index (χ0n) is 8.77. The number of carbonyl (C=O) groups is 1. The zero-order valence-corrected chi connectivity index (χ0v) is 8.77. The third-order valence-corrected chi connectivity index (χ3v) is 2.19. The summed E-state index contributed by atoms with van der Waals surface area (Å²) >= 11 is 0. The lowest BCUT2D eigenvalue weighted by Gasteiger charge is -2.13. The first-order valence-electron chi connectivity index (χ1n) is 4.74. The first kappa shape index (κ1) is 11.5. The average molecular weight is 205 g/mol. The summed E-state index contributed by atoms with van der Waals surface area (Å²) in [6, 6.07) is 6.98. The van der Waals surface area contributed by atoms with E-state index in [9.17, 15) is 4.79 Å². The summed E-state index contributed by atoms with van der Waals surface area (Å²) in [6.07, 6.45) is 2.37. The van der Waals surface area contributed by atoms with Gasteiger partial charge in [0.15, 0.2) is 0 Å². The molecule has 1 aromatic carbocycles. The van der Waals surface area contributed by atoms with Crippen molar-refractivity contribution in [1.29, 1.82) is 0 Å². The Morgan fingerprint density at radius 2 is 2.27 bits per heavy atom. The van der Waals surface area contributed by atoms with Gasteiger partial charge >= 0.3 is 5.97 Å². The second-order valence-corrected chi connectivity index (χ2v) is 3.21. The minimum atomic E-state index is -0.356. The van der Waals surface area contributed by atoms with Gasteiger partial charge in [0.05, 0.1) is 12.7 Å². The molecular weight excluding hydrogens is 190 g/mol. The third kappa shape index (κ3) is 2.67. The van der Waals surface area contributed by atoms with E-state index in [-0.39, 0.29) is 12.0 Å². The van der Waals surface area contributed by atoms with Crippen molar-refractivity contribution in [3.05, 3.63) is 48.0 Å². The van der Waals surface area contributed by atoms with Crippen molar-refractivity contribution in [3.8, 4) is 0 Å². The van der Waals surface area contributed by atoms with Crippen molar-refractivity contribution in [2.24, 2.45) is 5.73 Å². The van der Waals surface area contributed by atoms with Crippen molar-refractivity contribution in [2.45, 2.75) is 12.5 Å². The van der Waals surface area contributed by atoms with Gasteiger partial charge in [0.2, 0.25) is 0 Å². The van der Waals surface area contributed by atoms with Gasteiger partial charge in [0, 0.05) is 6.04 Å². The first-order valence-corrected chi connectivity index (χ1v) is 4.74. The molecular formula is C12H15NO2. The van der Waals surface area contributed by atoms with Crippen LogP contribution < -0.4 is 5.73 Å².